The van der Waals surface area contributed by atoms with Gasteiger partial charge in [0.15, 0.2) is 0 Å². The standard InChI is InChI=1S/C17H19NO3/c19-15(16-6-3-9-21-16)11-18-17(20)10-13-8-7-12-4-1-2-5-14(12)13/h1-6,9,13,15,19H,7-8,10-11H2,(H,18,20). The number of nitrogens with one attached hydrogen (secondary N) is 1. The SMILES string of the molecule is O=C(CC1CCc2ccccc21)NCC(O)c1ccco1. The molecule has 1 aliphatic rings. The van der Waals surface area contributed by atoms with Gasteiger partial charge in [-0.05, 0) is 42.0 Å². The summed E-state index contributed by atoms with van der Waals surface area (Å²) in [6.45, 7) is 0.181. The van der Waals surface area contributed by atoms with E-state index in [0.29, 0.717) is 18.1 Å². The van der Waals surface area contributed by atoms with Gasteiger partial charge in [0, 0.05) is 6.42 Å². The summed E-state index contributed by atoms with van der Waals surface area (Å²) in [6.07, 6.45) is 3.26. The molecule has 0 radical (unpaired) electrons. The summed E-state index contributed by atoms with van der Waals surface area (Å²) in [5.41, 5.74) is 2.64. The first-order valence-corrected chi connectivity index (χ1v) is 7.30. The second kappa shape index (κ2) is 6.14. The van der Waals surface area contributed by atoms with Gasteiger partial charge >= 0.3 is 0 Å². The molecule has 4 nitrogen and oxygen atoms in total. The van der Waals surface area contributed by atoms with Gasteiger partial charge in [-0.1, -0.05) is 24.3 Å². The van der Waals surface area contributed by atoms with Crippen LogP contribution in [0.5, 0.6) is 0 Å². The van der Waals surface area contributed by atoms with Crippen LogP contribution >= 0.6 is 0 Å². The van der Waals surface area contributed by atoms with Gasteiger partial charge in [0.05, 0.1) is 12.8 Å². The fraction of sp³-hybridized carbons (Fsp3) is 0.353. The summed E-state index contributed by atoms with van der Waals surface area (Å²) < 4.78 is 5.11. The fourth-order valence-corrected chi connectivity index (χ4v) is 2.95. The molecule has 2 atom stereocenters. The number of amides is 1. The third-order valence-corrected chi connectivity index (χ3v) is 4.05. The van der Waals surface area contributed by atoms with Crippen molar-refractivity contribution in [3.63, 3.8) is 0 Å². The van der Waals surface area contributed by atoms with E-state index in [1.165, 1.54) is 17.4 Å². The molecule has 0 fully saturated rings. The molecule has 1 aromatic heterocycles. The van der Waals surface area contributed by atoms with Gasteiger partial charge in [-0.25, -0.2) is 0 Å². The second-order valence-electron chi connectivity index (χ2n) is 5.47. The molecule has 4 heteroatoms. The van der Waals surface area contributed by atoms with Crippen molar-refractivity contribution in [3.8, 4) is 0 Å². The lowest BCUT2D eigenvalue weighted by molar-refractivity contribution is -0.122. The highest BCUT2D eigenvalue weighted by Crippen LogP contribution is 2.35. The smallest absolute Gasteiger partial charge is 0.220 e. The van der Waals surface area contributed by atoms with Gasteiger partial charge in [0.2, 0.25) is 5.91 Å². The predicted octanol–water partition coefficient (Wildman–Crippen LogP) is 2.55. The van der Waals surface area contributed by atoms with Crippen molar-refractivity contribution in [3.05, 3.63) is 59.5 Å². The minimum Gasteiger partial charge on any atom is -0.467 e. The monoisotopic (exact) mass is 285 g/mol. The lowest BCUT2D eigenvalue weighted by Gasteiger charge is -2.13. The maximum Gasteiger partial charge on any atom is 0.220 e. The summed E-state index contributed by atoms with van der Waals surface area (Å²) >= 11 is 0. The van der Waals surface area contributed by atoms with E-state index in [0.717, 1.165) is 12.8 Å². The van der Waals surface area contributed by atoms with Crippen LogP contribution in [-0.4, -0.2) is 17.6 Å². The van der Waals surface area contributed by atoms with E-state index in [2.05, 4.69) is 17.4 Å². The molecule has 0 saturated carbocycles. The first kappa shape index (κ1) is 13.9. The minimum absolute atomic E-state index is 0.0256. The number of hydrogen-bond acceptors (Lipinski definition) is 3. The minimum atomic E-state index is -0.792. The number of fused-ring (bicyclic) bond motifs is 1. The molecule has 0 bridgehead atoms. The van der Waals surface area contributed by atoms with Crippen LogP contribution in [0.3, 0.4) is 0 Å². The fourth-order valence-electron chi connectivity index (χ4n) is 2.95. The zero-order valence-corrected chi connectivity index (χ0v) is 11.8. The van der Waals surface area contributed by atoms with Crippen LogP contribution in [0.25, 0.3) is 0 Å². The Morgan fingerprint density at radius 2 is 2.19 bits per heavy atom. The Bertz CT molecular complexity index is 606. The summed E-state index contributed by atoms with van der Waals surface area (Å²) in [4.78, 5) is 12.0. The number of furan rings is 1. The number of aliphatic hydroxyl groups excluding tert-OH is 1. The molecular weight excluding hydrogens is 266 g/mol. The van der Waals surface area contributed by atoms with E-state index in [4.69, 9.17) is 4.42 Å². The average molecular weight is 285 g/mol. The predicted molar refractivity (Wildman–Crippen MR) is 78.8 cm³/mol. The highest BCUT2D eigenvalue weighted by Gasteiger charge is 2.24. The van der Waals surface area contributed by atoms with Crippen molar-refractivity contribution >= 4 is 5.91 Å². The molecule has 110 valence electrons. The molecule has 1 aliphatic carbocycles. The highest BCUT2D eigenvalue weighted by atomic mass is 16.4. The molecule has 3 rings (SSSR count). The Hall–Kier alpha value is -2.07. The van der Waals surface area contributed by atoms with E-state index in [9.17, 15) is 9.90 Å². The quantitative estimate of drug-likeness (QED) is 0.887. The zero-order chi connectivity index (χ0) is 14.7. The van der Waals surface area contributed by atoms with Crippen molar-refractivity contribution in [2.24, 2.45) is 0 Å². The van der Waals surface area contributed by atoms with Crippen LogP contribution in [0.15, 0.2) is 47.1 Å². The number of rotatable bonds is 5. The van der Waals surface area contributed by atoms with E-state index in [-0.39, 0.29) is 12.5 Å². The van der Waals surface area contributed by atoms with Gasteiger partial charge in [0.25, 0.3) is 0 Å². The summed E-state index contributed by atoms with van der Waals surface area (Å²) in [6, 6.07) is 11.7. The van der Waals surface area contributed by atoms with E-state index < -0.39 is 6.10 Å². The first-order chi connectivity index (χ1) is 10.2. The Morgan fingerprint density at radius 3 is 3.00 bits per heavy atom. The van der Waals surface area contributed by atoms with Crippen LogP contribution in [0.2, 0.25) is 0 Å². The molecule has 2 aromatic rings. The molecule has 1 aromatic carbocycles. The van der Waals surface area contributed by atoms with E-state index >= 15 is 0 Å². The first-order valence-electron chi connectivity index (χ1n) is 7.30. The van der Waals surface area contributed by atoms with Crippen molar-refractivity contribution in [1.29, 1.82) is 0 Å². The van der Waals surface area contributed by atoms with Crippen LogP contribution in [0.4, 0.5) is 0 Å². The van der Waals surface area contributed by atoms with Crippen molar-refractivity contribution in [2.45, 2.75) is 31.3 Å². The molecule has 1 amide bonds. The van der Waals surface area contributed by atoms with Crippen LogP contribution < -0.4 is 5.32 Å². The zero-order valence-electron chi connectivity index (χ0n) is 11.8. The molecule has 0 aliphatic heterocycles. The Labute approximate surface area is 123 Å². The number of aliphatic hydroxyl groups is 1. The number of aryl methyl sites for hydroxylation is 1. The Kier molecular flexibility index (Phi) is 4.06. The third-order valence-electron chi connectivity index (χ3n) is 4.05. The number of benzene rings is 1. The maximum atomic E-state index is 12.0. The third kappa shape index (κ3) is 3.16. The molecule has 21 heavy (non-hydrogen) atoms. The molecule has 1 heterocycles. The second-order valence-corrected chi connectivity index (χ2v) is 5.47. The van der Waals surface area contributed by atoms with E-state index in [1.807, 2.05) is 12.1 Å². The van der Waals surface area contributed by atoms with Gasteiger partial charge < -0.3 is 14.8 Å². The normalized spacial score (nSPS) is 18.2. The molecule has 0 saturated heterocycles. The summed E-state index contributed by atoms with van der Waals surface area (Å²) in [7, 11) is 0. The van der Waals surface area contributed by atoms with Gasteiger partial charge in [-0.15, -0.1) is 0 Å². The lowest BCUT2D eigenvalue weighted by atomic mass is 9.97. The molecular formula is C17H19NO3. The molecule has 2 N–H and O–H groups in total. The number of carbonyl (C=O) groups is 1. The summed E-state index contributed by atoms with van der Waals surface area (Å²) in [5.74, 6) is 0.741. The number of carbonyl (C=O) groups excluding carboxylic acids is 1. The molecule has 0 spiro atoms. The number of hydrogen-bond donors (Lipinski definition) is 2. The van der Waals surface area contributed by atoms with Crippen molar-refractivity contribution in [1.82, 2.24) is 5.32 Å². The topological polar surface area (TPSA) is 62.5 Å². The van der Waals surface area contributed by atoms with Gasteiger partial charge in [0.1, 0.15) is 11.9 Å². The lowest BCUT2D eigenvalue weighted by Crippen LogP contribution is -2.29. The highest BCUT2D eigenvalue weighted by molar-refractivity contribution is 5.77. The summed E-state index contributed by atoms with van der Waals surface area (Å²) in [5, 5.41) is 12.6. The van der Waals surface area contributed by atoms with Crippen LogP contribution in [0.1, 0.15) is 41.8 Å². The van der Waals surface area contributed by atoms with Gasteiger partial charge in [-0.3, -0.25) is 4.79 Å². The van der Waals surface area contributed by atoms with Crippen molar-refractivity contribution in [2.75, 3.05) is 6.54 Å². The van der Waals surface area contributed by atoms with E-state index in [1.54, 1.807) is 12.1 Å². The van der Waals surface area contributed by atoms with Crippen LogP contribution in [-0.2, 0) is 11.2 Å². The maximum absolute atomic E-state index is 12.0. The largest absolute Gasteiger partial charge is 0.467 e. The van der Waals surface area contributed by atoms with Crippen LogP contribution in [0, 0.1) is 0 Å². The Balaban J connectivity index is 1.51. The van der Waals surface area contributed by atoms with Crippen molar-refractivity contribution < 1.29 is 14.3 Å². The molecule has 2 unspecified atom stereocenters. The average Bonchev–Trinajstić information content (AvgIpc) is 3.15. The van der Waals surface area contributed by atoms with Gasteiger partial charge in [-0.2, -0.15) is 0 Å². The Morgan fingerprint density at radius 1 is 1.33 bits per heavy atom.